The maximum absolute atomic E-state index is 14.4. The van der Waals surface area contributed by atoms with Gasteiger partial charge in [-0.2, -0.15) is 0 Å². The van der Waals surface area contributed by atoms with Gasteiger partial charge in [-0.25, -0.2) is 9.18 Å². The van der Waals surface area contributed by atoms with Crippen LogP contribution in [0, 0.1) is 18.2 Å². The molecule has 0 aliphatic heterocycles. The van der Waals surface area contributed by atoms with E-state index in [9.17, 15) is 9.18 Å². The van der Waals surface area contributed by atoms with E-state index < -0.39 is 17.5 Å². The number of halogens is 1. The number of terminal acetylenes is 1. The standard InChI is InChI=1S/C17H22FNO3/c1-6-7-8-12-21-14-11-9-10-13(15(14)18)19(5)16(20)22-17(2,3)4/h1,9-11H,7-8,12H2,2-5H3. The van der Waals surface area contributed by atoms with Crippen molar-refractivity contribution in [3.63, 3.8) is 0 Å². The number of ether oxygens (including phenoxy) is 2. The van der Waals surface area contributed by atoms with Gasteiger partial charge in [0, 0.05) is 13.5 Å². The zero-order valence-electron chi connectivity index (χ0n) is 13.5. The van der Waals surface area contributed by atoms with Gasteiger partial charge in [-0.15, -0.1) is 12.3 Å². The predicted molar refractivity (Wildman–Crippen MR) is 84.6 cm³/mol. The van der Waals surface area contributed by atoms with Crippen molar-refractivity contribution in [2.24, 2.45) is 0 Å². The van der Waals surface area contributed by atoms with E-state index in [1.807, 2.05) is 0 Å². The quantitative estimate of drug-likeness (QED) is 0.610. The van der Waals surface area contributed by atoms with Gasteiger partial charge in [-0.05, 0) is 39.3 Å². The van der Waals surface area contributed by atoms with Crippen LogP contribution in [-0.2, 0) is 4.74 Å². The van der Waals surface area contributed by atoms with Gasteiger partial charge in [-0.1, -0.05) is 6.07 Å². The fourth-order valence-electron chi connectivity index (χ4n) is 1.65. The van der Waals surface area contributed by atoms with Crippen molar-refractivity contribution >= 4 is 11.8 Å². The molecule has 1 amide bonds. The fraction of sp³-hybridized carbons (Fsp3) is 0.471. The molecule has 0 spiro atoms. The lowest BCUT2D eigenvalue weighted by atomic mass is 10.2. The first-order valence-electron chi connectivity index (χ1n) is 7.07. The van der Waals surface area contributed by atoms with E-state index in [1.165, 1.54) is 19.2 Å². The summed E-state index contributed by atoms with van der Waals surface area (Å²) in [6, 6.07) is 4.63. The van der Waals surface area contributed by atoms with E-state index in [4.69, 9.17) is 15.9 Å². The Kier molecular flexibility index (Phi) is 6.24. The highest BCUT2D eigenvalue weighted by atomic mass is 19.1. The van der Waals surface area contributed by atoms with E-state index >= 15 is 0 Å². The van der Waals surface area contributed by atoms with Gasteiger partial charge in [0.05, 0.1) is 12.3 Å². The number of carbonyl (C=O) groups is 1. The van der Waals surface area contributed by atoms with Crippen LogP contribution in [0.1, 0.15) is 33.6 Å². The van der Waals surface area contributed by atoms with Crippen LogP contribution in [0.15, 0.2) is 18.2 Å². The van der Waals surface area contributed by atoms with Gasteiger partial charge in [0.2, 0.25) is 0 Å². The van der Waals surface area contributed by atoms with Crippen LogP contribution in [0.25, 0.3) is 0 Å². The summed E-state index contributed by atoms with van der Waals surface area (Å²) in [4.78, 5) is 13.1. The average molecular weight is 307 g/mol. The number of anilines is 1. The molecule has 1 rings (SSSR count). The van der Waals surface area contributed by atoms with Gasteiger partial charge in [0.25, 0.3) is 0 Å². The SMILES string of the molecule is C#CCCCOc1cccc(N(C)C(=O)OC(C)(C)C)c1F. The summed E-state index contributed by atoms with van der Waals surface area (Å²) in [6.07, 6.45) is 5.73. The Morgan fingerprint density at radius 3 is 2.68 bits per heavy atom. The first kappa shape index (κ1) is 17.8. The summed E-state index contributed by atoms with van der Waals surface area (Å²) in [5, 5.41) is 0. The molecule has 1 aromatic rings. The zero-order chi connectivity index (χ0) is 16.8. The molecule has 0 radical (unpaired) electrons. The van der Waals surface area contributed by atoms with E-state index in [-0.39, 0.29) is 11.4 Å². The van der Waals surface area contributed by atoms with Crippen molar-refractivity contribution in [2.75, 3.05) is 18.6 Å². The predicted octanol–water partition coefficient (Wildman–Crippen LogP) is 3.99. The van der Waals surface area contributed by atoms with Crippen LogP contribution in [0.2, 0.25) is 0 Å². The Labute approximate surface area is 131 Å². The van der Waals surface area contributed by atoms with Gasteiger partial charge in [0.1, 0.15) is 5.60 Å². The Morgan fingerprint density at radius 2 is 2.09 bits per heavy atom. The van der Waals surface area contributed by atoms with Crippen molar-refractivity contribution in [3.8, 4) is 18.1 Å². The van der Waals surface area contributed by atoms with E-state index in [0.717, 1.165) is 4.90 Å². The van der Waals surface area contributed by atoms with Crippen LogP contribution in [0.5, 0.6) is 5.75 Å². The molecule has 5 heteroatoms. The topological polar surface area (TPSA) is 38.8 Å². The smallest absolute Gasteiger partial charge is 0.414 e. The molecular formula is C17H22FNO3. The summed E-state index contributed by atoms with van der Waals surface area (Å²) < 4.78 is 25.0. The third-order valence-corrected chi connectivity index (χ3v) is 2.69. The normalized spacial score (nSPS) is 10.7. The van der Waals surface area contributed by atoms with Crippen LogP contribution in [0.3, 0.4) is 0 Å². The van der Waals surface area contributed by atoms with Crippen LogP contribution < -0.4 is 9.64 Å². The summed E-state index contributed by atoms with van der Waals surface area (Å²) in [6.45, 7) is 5.57. The molecule has 0 atom stereocenters. The second kappa shape index (κ2) is 7.69. The second-order valence-electron chi connectivity index (χ2n) is 5.78. The molecule has 0 N–H and O–H groups in total. The molecule has 0 fully saturated rings. The Balaban J connectivity index is 2.83. The van der Waals surface area contributed by atoms with E-state index in [0.29, 0.717) is 19.4 Å². The average Bonchev–Trinajstić information content (AvgIpc) is 2.42. The number of hydrogen-bond acceptors (Lipinski definition) is 3. The third kappa shape index (κ3) is 5.28. The van der Waals surface area contributed by atoms with Gasteiger partial charge in [0.15, 0.2) is 11.6 Å². The van der Waals surface area contributed by atoms with Gasteiger partial charge < -0.3 is 9.47 Å². The van der Waals surface area contributed by atoms with Gasteiger partial charge in [-0.3, -0.25) is 4.90 Å². The summed E-state index contributed by atoms with van der Waals surface area (Å²) in [5.41, 5.74) is -0.547. The molecule has 0 aliphatic rings. The minimum absolute atomic E-state index is 0.0879. The van der Waals surface area contributed by atoms with Crippen LogP contribution in [-0.4, -0.2) is 25.3 Å². The first-order chi connectivity index (χ1) is 10.3. The molecule has 0 unspecified atom stereocenters. The monoisotopic (exact) mass is 307 g/mol. The number of nitrogens with zero attached hydrogens (tertiary/aromatic N) is 1. The molecule has 0 aliphatic carbocycles. The highest BCUT2D eigenvalue weighted by molar-refractivity contribution is 5.87. The first-order valence-corrected chi connectivity index (χ1v) is 7.07. The molecular weight excluding hydrogens is 285 g/mol. The molecule has 0 heterocycles. The van der Waals surface area contributed by atoms with Crippen molar-refractivity contribution < 1.29 is 18.7 Å². The number of carbonyl (C=O) groups excluding carboxylic acids is 1. The summed E-state index contributed by atoms with van der Waals surface area (Å²) in [5.74, 6) is 1.98. The van der Waals surface area contributed by atoms with Crippen LogP contribution in [0.4, 0.5) is 14.9 Å². The number of amides is 1. The van der Waals surface area contributed by atoms with Crippen molar-refractivity contribution in [1.82, 2.24) is 0 Å². The van der Waals surface area contributed by atoms with Crippen molar-refractivity contribution in [1.29, 1.82) is 0 Å². The molecule has 0 saturated carbocycles. The minimum Gasteiger partial charge on any atom is -0.490 e. The molecule has 120 valence electrons. The number of unbranched alkanes of at least 4 members (excludes halogenated alkanes) is 1. The maximum Gasteiger partial charge on any atom is 0.414 e. The third-order valence-electron chi connectivity index (χ3n) is 2.69. The molecule has 0 bridgehead atoms. The van der Waals surface area contributed by atoms with Crippen molar-refractivity contribution in [3.05, 3.63) is 24.0 Å². The Hall–Kier alpha value is -2.22. The molecule has 0 saturated heterocycles. The highest BCUT2D eigenvalue weighted by Crippen LogP contribution is 2.28. The molecule has 22 heavy (non-hydrogen) atoms. The highest BCUT2D eigenvalue weighted by Gasteiger charge is 2.23. The van der Waals surface area contributed by atoms with E-state index in [1.54, 1.807) is 26.8 Å². The second-order valence-corrected chi connectivity index (χ2v) is 5.78. The van der Waals surface area contributed by atoms with Crippen LogP contribution >= 0.6 is 0 Å². The minimum atomic E-state index is -0.648. The maximum atomic E-state index is 14.4. The lowest BCUT2D eigenvalue weighted by Gasteiger charge is -2.25. The number of rotatable bonds is 5. The lowest BCUT2D eigenvalue weighted by molar-refractivity contribution is 0.0588. The van der Waals surface area contributed by atoms with Crippen molar-refractivity contribution in [2.45, 2.75) is 39.2 Å². The number of benzene rings is 1. The Morgan fingerprint density at radius 1 is 1.41 bits per heavy atom. The summed E-state index contributed by atoms with van der Waals surface area (Å²) in [7, 11) is 1.45. The fourth-order valence-corrected chi connectivity index (χ4v) is 1.65. The molecule has 4 nitrogen and oxygen atoms in total. The summed E-state index contributed by atoms with van der Waals surface area (Å²) >= 11 is 0. The largest absolute Gasteiger partial charge is 0.490 e. The lowest BCUT2D eigenvalue weighted by Crippen LogP contribution is -2.34. The van der Waals surface area contributed by atoms with E-state index in [2.05, 4.69) is 5.92 Å². The number of hydrogen-bond donors (Lipinski definition) is 0. The van der Waals surface area contributed by atoms with Gasteiger partial charge >= 0.3 is 6.09 Å². The Bertz CT molecular complexity index is 558. The zero-order valence-corrected chi connectivity index (χ0v) is 13.5. The molecule has 1 aromatic carbocycles. The molecule has 0 aromatic heterocycles.